The Labute approximate surface area is 147 Å². The van der Waals surface area contributed by atoms with Gasteiger partial charge in [0.25, 0.3) is 5.91 Å². The fraction of sp³-hybridized carbons (Fsp3) is 0.105. The maximum absolute atomic E-state index is 13.6. The van der Waals surface area contributed by atoms with Gasteiger partial charge in [0.05, 0.1) is 10.6 Å². The Hall–Kier alpha value is -2.73. The van der Waals surface area contributed by atoms with Crippen LogP contribution in [0.4, 0.5) is 14.5 Å². The highest BCUT2D eigenvalue weighted by Gasteiger charge is 2.13. The zero-order chi connectivity index (χ0) is 17.8. The second kappa shape index (κ2) is 7.44. The predicted octanol–water partition coefficient (Wildman–Crippen LogP) is 5.17. The molecule has 128 valence electrons. The van der Waals surface area contributed by atoms with Crippen LogP contribution in [0.25, 0.3) is 0 Å². The van der Waals surface area contributed by atoms with Crippen LogP contribution in [0.5, 0.6) is 5.75 Å². The highest BCUT2D eigenvalue weighted by Crippen LogP contribution is 2.21. The lowest BCUT2D eigenvalue weighted by Crippen LogP contribution is -2.11. The molecule has 0 spiro atoms. The number of anilines is 1. The van der Waals surface area contributed by atoms with E-state index in [1.165, 1.54) is 11.3 Å². The topological polar surface area (TPSA) is 38.3 Å². The van der Waals surface area contributed by atoms with Gasteiger partial charge in [0, 0.05) is 11.6 Å². The molecular formula is C19H15F2NO2S. The summed E-state index contributed by atoms with van der Waals surface area (Å²) < 4.78 is 32.4. The normalized spacial score (nSPS) is 10.5. The standard InChI is InChI=1S/C19H15F2NO2S/c1-12-3-2-4-15(7-12)24-10-13-8-18(25-11-13)19(23)22-17-9-14(20)5-6-16(17)21/h2-9,11H,10H2,1H3,(H,22,23). The third kappa shape index (κ3) is 4.42. The summed E-state index contributed by atoms with van der Waals surface area (Å²) in [5.74, 6) is -1.04. The van der Waals surface area contributed by atoms with Crippen molar-refractivity contribution in [2.45, 2.75) is 13.5 Å². The minimum absolute atomic E-state index is 0.184. The van der Waals surface area contributed by atoms with Crippen LogP contribution in [0.3, 0.4) is 0 Å². The lowest BCUT2D eigenvalue weighted by molar-refractivity contribution is 0.103. The molecule has 1 heterocycles. The number of aryl methyl sites for hydroxylation is 1. The zero-order valence-electron chi connectivity index (χ0n) is 13.4. The molecule has 0 aliphatic rings. The van der Waals surface area contributed by atoms with Crippen molar-refractivity contribution in [3.8, 4) is 5.75 Å². The molecule has 0 saturated heterocycles. The molecule has 0 bridgehead atoms. The van der Waals surface area contributed by atoms with E-state index in [-0.39, 0.29) is 5.69 Å². The smallest absolute Gasteiger partial charge is 0.265 e. The first-order valence-electron chi connectivity index (χ1n) is 7.54. The maximum Gasteiger partial charge on any atom is 0.265 e. The number of halogens is 2. The van der Waals surface area contributed by atoms with Crippen molar-refractivity contribution in [2.24, 2.45) is 0 Å². The number of carbonyl (C=O) groups excluding carboxylic acids is 1. The van der Waals surface area contributed by atoms with Crippen molar-refractivity contribution in [3.63, 3.8) is 0 Å². The molecule has 0 aliphatic heterocycles. The van der Waals surface area contributed by atoms with Gasteiger partial charge in [-0.3, -0.25) is 4.79 Å². The average molecular weight is 359 g/mol. The molecule has 3 aromatic rings. The predicted molar refractivity (Wildman–Crippen MR) is 94.1 cm³/mol. The summed E-state index contributed by atoms with van der Waals surface area (Å²) in [7, 11) is 0. The number of benzene rings is 2. The van der Waals surface area contributed by atoms with Crippen molar-refractivity contribution in [1.82, 2.24) is 0 Å². The highest BCUT2D eigenvalue weighted by atomic mass is 32.1. The number of carbonyl (C=O) groups is 1. The number of thiophene rings is 1. The first-order valence-corrected chi connectivity index (χ1v) is 8.42. The minimum Gasteiger partial charge on any atom is -0.489 e. The molecule has 6 heteroatoms. The van der Waals surface area contributed by atoms with E-state index in [0.717, 1.165) is 35.1 Å². The summed E-state index contributed by atoms with van der Waals surface area (Å²) in [6, 6.07) is 12.3. The van der Waals surface area contributed by atoms with Crippen LogP contribution in [0.2, 0.25) is 0 Å². The molecule has 2 aromatic carbocycles. The average Bonchev–Trinajstić information content (AvgIpc) is 3.05. The molecule has 0 atom stereocenters. The molecule has 1 amide bonds. The van der Waals surface area contributed by atoms with E-state index in [9.17, 15) is 13.6 Å². The quantitative estimate of drug-likeness (QED) is 0.683. The summed E-state index contributed by atoms with van der Waals surface area (Å²) >= 11 is 1.22. The van der Waals surface area contributed by atoms with E-state index in [0.29, 0.717) is 11.5 Å². The van der Waals surface area contributed by atoms with E-state index in [1.807, 2.05) is 31.2 Å². The summed E-state index contributed by atoms with van der Waals surface area (Å²) in [6.07, 6.45) is 0. The van der Waals surface area contributed by atoms with Gasteiger partial charge >= 0.3 is 0 Å². The van der Waals surface area contributed by atoms with E-state index in [4.69, 9.17) is 4.74 Å². The summed E-state index contributed by atoms with van der Waals surface area (Å²) in [4.78, 5) is 12.6. The van der Waals surface area contributed by atoms with Gasteiger partial charge in [0.15, 0.2) is 0 Å². The van der Waals surface area contributed by atoms with Crippen LogP contribution in [0, 0.1) is 18.6 Å². The number of rotatable bonds is 5. The van der Waals surface area contributed by atoms with Crippen molar-refractivity contribution >= 4 is 22.9 Å². The van der Waals surface area contributed by atoms with Gasteiger partial charge in [0.2, 0.25) is 0 Å². The van der Waals surface area contributed by atoms with Crippen LogP contribution >= 0.6 is 11.3 Å². The molecule has 0 aliphatic carbocycles. The molecule has 1 aromatic heterocycles. The molecule has 0 fully saturated rings. The van der Waals surface area contributed by atoms with Crippen LogP contribution in [0.15, 0.2) is 53.9 Å². The van der Waals surface area contributed by atoms with Crippen molar-refractivity contribution in [2.75, 3.05) is 5.32 Å². The highest BCUT2D eigenvalue weighted by molar-refractivity contribution is 7.12. The van der Waals surface area contributed by atoms with Crippen molar-refractivity contribution in [1.29, 1.82) is 0 Å². The number of amides is 1. The first kappa shape index (κ1) is 17.1. The molecule has 3 rings (SSSR count). The number of hydrogen-bond acceptors (Lipinski definition) is 3. The monoisotopic (exact) mass is 359 g/mol. The van der Waals surface area contributed by atoms with E-state index in [1.54, 1.807) is 11.4 Å². The lowest BCUT2D eigenvalue weighted by atomic mass is 10.2. The van der Waals surface area contributed by atoms with Gasteiger partial charge < -0.3 is 10.1 Å². The Morgan fingerprint density at radius 2 is 2.00 bits per heavy atom. The van der Waals surface area contributed by atoms with Crippen LogP contribution in [-0.4, -0.2) is 5.91 Å². The SMILES string of the molecule is Cc1cccc(OCc2csc(C(=O)Nc3cc(F)ccc3F)c2)c1. The van der Waals surface area contributed by atoms with Gasteiger partial charge in [-0.1, -0.05) is 12.1 Å². The third-order valence-electron chi connectivity index (χ3n) is 3.45. The van der Waals surface area contributed by atoms with E-state index < -0.39 is 17.5 Å². The van der Waals surface area contributed by atoms with Gasteiger partial charge in [-0.15, -0.1) is 11.3 Å². The Kier molecular flexibility index (Phi) is 5.09. The summed E-state index contributed by atoms with van der Waals surface area (Å²) in [6.45, 7) is 2.30. The Morgan fingerprint density at radius 3 is 2.80 bits per heavy atom. The van der Waals surface area contributed by atoms with Crippen LogP contribution in [-0.2, 0) is 6.61 Å². The van der Waals surface area contributed by atoms with Crippen LogP contribution in [0.1, 0.15) is 20.8 Å². The summed E-state index contributed by atoms with van der Waals surface area (Å²) in [5.41, 5.74) is 1.74. The maximum atomic E-state index is 13.6. The summed E-state index contributed by atoms with van der Waals surface area (Å²) in [5, 5.41) is 4.18. The molecule has 0 unspecified atom stereocenters. The fourth-order valence-corrected chi connectivity index (χ4v) is 3.01. The molecule has 0 saturated carbocycles. The Balaban J connectivity index is 1.64. The van der Waals surface area contributed by atoms with E-state index >= 15 is 0 Å². The number of ether oxygens (including phenoxy) is 1. The number of hydrogen-bond donors (Lipinski definition) is 1. The van der Waals surface area contributed by atoms with Gasteiger partial charge in [-0.05, 0) is 48.2 Å². The lowest BCUT2D eigenvalue weighted by Gasteiger charge is -2.06. The Bertz CT molecular complexity index is 908. The van der Waals surface area contributed by atoms with Gasteiger partial charge in [-0.25, -0.2) is 8.78 Å². The molecular weight excluding hydrogens is 344 g/mol. The molecule has 1 N–H and O–H groups in total. The molecule has 25 heavy (non-hydrogen) atoms. The molecule has 3 nitrogen and oxygen atoms in total. The fourth-order valence-electron chi connectivity index (χ4n) is 2.22. The largest absolute Gasteiger partial charge is 0.489 e. The van der Waals surface area contributed by atoms with E-state index in [2.05, 4.69) is 5.32 Å². The Morgan fingerprint density at radius 1 is 1.16 bits per heavy atom. The second-order valence-corrected chi connectivity index (χ2v) is 6.41. The first-order chi connectivity index (χ1) is 12.0. The second-order valence-electron chi connectivity index (χ2n) is 5.50. The van der Waals surface area contributed by atoms with Crippen LogP contribution < -0.4 is 10.1 Å². The van der Waals surface area contributed by atoms with Crippen molar-refractivity contribution < 1.29 is 18.3 Å². The van der Waals surface area contributed by atoms with Crippen molar-refractivity contribution in [3.05, 3.63) is 81.5 Å². The zero-order valence-corrected chi connectivity index (χ0v) is 14.2. The molecule has 0 radical (unpaired) electrons. The van der Waals surface area contributed by atoms with Gasteiger partial charge in [-0.2, -0.15) is 0 Å². The minimum atomic E-state index is -0.686. The number of nitrogens with one attached hydrogen (secondary N) is 1. The third-order valence-corrected chi connectivity index (χ3v) is 4.43. The van der Waals surface area contributed by atoms with Gasteiger partial charge in [0.1, 0.15) is 24.0 Å².